The van der Waals surface area contributed by atoms with E-state index in [9.17, 15) is 9.59 Å². The third-order valence-corrected chi connectivity index (χ3v) is 2.72. The molecule has 6 nitrogen and oxygen atoms in total. The predicted octanol–water partition coefficient (Wildman–Crippen LogP) is 1.35. The standard InChI is InChI=1S/C15H15N3O3/c1-21-13-8-3-2-7-12(13)18-15(20)14(19)17-10-11-6-4-5-9-16-11/h2-9H,10H2,1H3,(H,17,19)(H,18,20). The Morgan fingerprint density at radius 3 is 2.57 bits per heavy atom. The lowest BCUT2D eigenvalue weighted by molar-refractivity contribution is -0.136. The number of para-hydroxylation sites is 2. The van der Waals surface area contributed by atoms with E-state index in [0.29, 0.717) is 17.1 Å². The third-order valence-electron chi connectivity index (χ3n) is 2.72. The molecule has 2 aromatic rings. The average molecular weight is 285 g/mol. The van der Waals surface area contributed by atoms with Crippen LogP contribution in [0.15, 0.2) is 48.7 Å². The number of methoxy groups -OCH3 is 1. The molecule has 0 atom stereocenters. The molecule has 0 spiro atoms. The van der Waals surface area contributed by atoms with Crippen LogP contribution >= 0.6 is 0 Å². The highest BCUT2D eigenvalue weighted by Crippen LogP contribution is 2.22. The topological polar surface area (TPSA) is 80.3 Å². The normalized spacial score (nSPS) is 9.76. The molecule has 0 aliphatic rings. The minimum atomic E-state index is -0.754. The minimum Gasteiger partial charge on any atom is -0.495 e. The summed E-state index contributed by atoms with van der Waals surface area (Å²) in [6.07, 6.45) is 1.62. The summed E-state index contributed by atoms with van der Waals surface area (Å²) in [6, 6.07) is 12.2. The van der Waals surface area contributed by atoms with Gasteiger partial charge in [-0.1, -0.05) is 18.2 Å². The fraction of sp³-hybridized carbons (Fsp3) is 0.133. The molecule has 0 unspecified atom stereocenters. The highest BCUT2D eigenvalue weighted by molar-refractivity contribution is 6.39. The van der Waals surface area contributed by atoms with E-state index in [2.05, 4.69) is 15.6 Å². The van der Waals surface area contributed by atoms with Crippen molar-refractivity contribution in [1.82, 2.24) is 10.3 Å². The first-order valence-corrected chi connectivity index (χ1v) is 6.33. The fourth-order valence-corrected chi connectivity index (χ4v) is 1.68. The van der Waals surface area contributed by atoms with Crippen molar-refractivity contribution < 1.29 is 14.3 Å². The molecule has 21 heavy (non-hydrogen) atoms. The van der Waals surface area contributed by atoms with Gasteiger partial charge in [-0.25, -0.2) is 0 Å². The van der Waals surface area contributed by atoms with Crippen molar-refractivity contribution >= 4 is 17.5 Å². The number of carbonyl (C=O) groups is 2. The number of hydrogen-bond acceptors (Lipinski definition) is 4. The smallest absolute Gasteiger partial charge is 0.313 e. The number of nitrogens with one attached hydrogen (secondary N) is 2. The minimum absolute atomic E-state index is 0.193. The van der Waals surface area contributed by atoms with E-state index in [4.69, 9.17) is 4.74 Å². The van der Waals surface area contributed by atoms with E-state index >= 15 is 0 Å². The second kappa shape index (κ2) is 7.04. The van der Waals surface area contributed by atoms with Gasteiger partial charge >= 0.3 is 11.8 Å². The molecule has 108 valence electrons. The zero-order valence-electron chi connectivity index (χ0n) is 11.5. The number of ether oxygens (including phenoxy) is 1. The Bertz CT molecular complexity index is 629. The van der Waals surface area contributed by atoms with Crippen molar-refractivity contribution in [3.8, 4) is 5.75 Å². The van der Waals surface area contributed by atoms with Crippen LogP contribution in [0.3, 0.4) is 0 Å². The quantitative estimate of drug-likeness (QED) is 0.831. The molecule has 1 aromatic heterocycles. The van der Waals surface area contributed by atoms with Gasteiger partial charge < -0.3 is 15.4 Å². The molecule has 0 saturated carbocycles. The fourth-order valence-electron chi connectivity index (χ4n) is 1.68. The summed E-state index contributed by atoms with van der Waals surface area (Å²) in [7, 11) is 1.49. The van der Waals surface area contributed by atoms with Crippen LogP contribution in [-0.4, -0.2) is 23.9 Å². The van der Waals surface area contributed by atoms with E-state index in [0.717, 1.165) is 0 Å². The second-order valence-corrected chi connectivity index (χ2v) is 4.16. The van der Waals surface area contributed by atoms with Crippen molar-refractivity contribution in [2.75, 3.05) is 12.4 Å². The monoisotopic (exact) mass is 285 g/mol. The lowest BCUT2D eigenvalue weighted by atomic mass is 10.3. The SMILES string of the molecule is COc1ccccc1NC(=O)C(=O)NCc1ccccn1. The molecule has 2 amide bonds. The number of anilines is 1. The maximum Gasteiger partial charge on any atom is 0.313 e. The molecule has 0 aliphatic carbocycles. The zero-order chi connectivity index (χ0) is 15.1. The number of hydrogen-bond donors (Lipinski definition) is 2. The highest BCUT2D eigenvalue weighted by atomic mass is 16.5. The molecular formula is C15H15N3O3. The van der Waals surface area contributed by atoms with Gasteiger partial charge in [-0.05, 0) is 24.3 Å². The lowest BCUT2D eigenvalue weighted by Crippen LogP contribution is -2.35. The van der Waals surface area contributed by atoms with Crippen molar-refractivity contribution in [1.29, 1.82) is 0 Å². The molecule has 0 fully saturated rings. The van der Waals surface area contributed by atoms with E-state index in [1.54, 1.807) is 42.6 Å². The molecule has 1 heterocycles. The van der Waals surface area contributed by atoms with Crippen molar-refractivity contribution in [2.24, 2.45) is 0 Å². The molecule has 2 N–H and O–H groups in total. The number of amides is 2. The number of rotatable bonds is 4. The van der Waals surface area contributed by atoms with E-state index in [1.807, 2.05) is 6.07 Å². The van der Waals surface area contributed by atoms with Gasteiger partial charge in [-0.15, -0.1) is 0 Å². The van der Waals surface area contributed by atoms with E-state index in [1.165, 1.54) is 7.11 Å². The van der Waals surface area contributed by atoms with Crippen molar-refractivity contribution in [2.45, 2.75) is 6.54 Å². The van der Waals surface area contributed by atoms with Crippen LogP contribution in [0.1, 0.15) is 5.69 Å². The molecule has 2 rings (SSSR count). The molecule has 0 saturated heterocycles. The van der Waals surface area contributed by atoms with Crippen molar-refractivity contribution in [3.05, 3.63) is 54.4 Å². The molecular weight excluding hydrogens is 270 g/mol. The highest BCUT2D eigenvalue weighted by Gasteiger charge is 2.15. The van der Waals surface area contributed by atoms with Crippen molar-refractivity contribution in [3.63, 3.8) is 0 Å². The van der Waals surface area contributed by atoms with Gasteiger partial charge in [0, 0.05) is 6.20 Å². The molecule has 0 bridgehead atoms. The Labute approximate surface area is 122 Å². The predicted molar refractivity (Wildman–Crippen MR) is 77.7 cm³/mol. The van der Waals surface area contributed by atoms with Crippen LogP contribution in [0.25, 0.3) is 0 Å². The molecule has 1 aromatic carbocycles. The number of aromatic nitrogens is 1. The van der Waals surface area contributed by atoms with Crippen LogP contribution in [0, 0.1) is 0 Å². The number of carbonyl (C=O) groups excluding carboxylic acids is 2. The summed E-state index contributed by atoms with van der Waals surface area (Å²) >= 11 is 0. The first-order chi connectivity index (χ1) is 10.2. The summed E-state index contributed by atoms with van der Waals surface area (Å²) in [6.45, 7) is 0.193. The lowest BCUT2D eigenvalue weighted by Gasteiger charge is -2.09. The maximum atomic E-state index is 11.8. The average Bonchev–Trinajstić information content (AvgIpc) is 2.54. The second-order valence-electron chi connectivity index (χ2n) is 4.16. The Balaban J connectivity index is 1.92. The van der Waals surface area contributed by atoms with E-state index < -0.39 is 11.8 Å². The zero-order valence-corrected chi connectivity index (χ0v) is 11.5. The van der Waals surface area contributed by atoms with Gasteiger partial charge in [0.1, 0.15) is 5.75 Å². The molecule has 0 aliphatic heterocycles. The molecule has 0 radical (unpaired) electrons. The van der Waals surface area contributed by atoms with Crippen LogP contribution in [-0.2, 0) is 16.1 Å². The summed E-state index contributed by atoms with van der Waals surface area (Å²) < 4.78 is 5.10. The molecule has 6 heteroatoms. The Kier molecular flexibility index (Phi) is 4.87. The van der Waals surface area contributed by atoms with Crippen LogP contribution in [0.4, 0.5) is 5.69 Å². The Morgan fingerprint density at radius 1 is 1.10 bits per heavy atom. The summed E-state index contributed by atoms with van der Waals surface area (Å²) in [5.41, 5.74) is 1.12. The number of nitrogens with zero attached hydrogens (tertiary/aromatic N) is 1. The summed E-state index contributed by atoms with van der Waals surface area (Å²) in [4.78, 5) is 27.6. The van der Waals surface area contributed by atoms with Gasteiger partial charge in [0.15, 0.2) is 0 Å². The Morgan fingerprint density at radius 2 is 1.86 bits per heavy atom. The maximum absolute atomic E-state index is 11.8. The first kappa shape index (κ1) is 14.5. The summed E-state index contributed by atoms with van der Waals surface area (Å²) in [5, 5.41) is 5.00. The van der Waals surface area contributed by atoms with Crippen LogP contribution in [0.5, 0.6) is 5.75 Å². The largest absolute Gasteiger partial charge is 0.495 e. The third kappa shape index (κ3) is 4.04. The van der Waals surface area contributed by atoms with Crippen LogP contribution in [0.2, 0.25) is 0 Å². The van der Waals surface area contributed by atoms with Crippen LogP contribution < -0.4 is 15.4 Å². The van der Waals surface area contributed by atoms with Gasteiger partial charge in [0.05, 0.1) is 25.0 Å². The Hall–Kier alpha value is -2.89. The number of benzene rings is 1. The van der Waals surface area contributed by atoms with Gasteiger partial charge in [0.2, 0.25) is 0 Å². The van der Waals surface area contributed by atoms with Gasteiger partial charge in [-0.2, -0.15) is 0 Å². The van der Waals surface area contributed by atoms with E-state index in [-0.39, 0.29) is 6.54 Å². The number of pyridine rings is 1. The van der Waals surface area contributed by atoms with Gasteiger partial charge in [0.25, 0.3) is 0 Å². The van der Waals surface area contributed by atoms with Gasteiger partial charge in [-0.3, -0.25) is 14.6 Å². The summed E-state index contributed by atoms with van der Waals surface area (Å²) in [5.74, 6) is -0.995. The first-order valence-electron chi connectivity index (χ1n) is 6.33.